The third-order valence-corrected chi connectivity index (χ3v) is 2.54. The largest absolute Gasteiger partial charge is 0.481 e. The minimum absolute atomic E-state index is 0.170. The summed E-state index contributed by atoms with van der Waals surface area (Å²) in [6, 6.07) is 0. The smallest absolute Gasteiger partial charge is 0.304 e. The van der Waals surface area contributed by atoms with Crippen molar-refractivity contribution >= 4 is 17.7 Å². The second-order valence-electron chi connectivity index (χ2n) is 2.74. The number of nitrogens with zero attached hydrogens (tertiary/aromatic N) is 1. The minimum atomic E-state index is -0.771. The van der Waals surface area contributed by atoms with Crippen LogP contribution in [-0.4, -0.2) is 26.8 Å². The number of aromatic amines is 1. The lowest BCUT2D eigenvalue weighted by Crippen LogP contribution is -1.95. The Morgan fingerprint density at radius 2 is 2.31 bits per heavy atom. The highest BCUT2D eigenvalue weighted by atomic mass is 32.2. The molecule has 0 bridgehead atoms. The van der Waals surface area contributed by atoms with Gasteiger partial charge in [-0.3, -0.25) is 4.79 Å². The number of hydrogen-bond donors (Lipinski definition) is 2. The molecule has 0 aliphatic carbocycles. The SMILES string of the molecule is Cc1nc(SCCC(=O)O)[nH]c1C. The van der Waals surface area contributed by atoms with Crippen LogP contribution in [0.2, 0.25) is 0 Å². The molecule has 0 saturated carbocycles. The Morgan fingerprint density at radius 1 is 1.62 bits per heavy atom. The summed E-state index contributed by atoms with van der Waals surface area (Å²) >= 11 is 1.44. The molecule has 4 nitrogen and oxygen atoms in total. The van der Waals surface area contributed by atoms with Gasteiger partial charge in [-0.15, -0.1) is 0 Å². The number of aryl methyl sites for hydroxylation is 2. The van der Waals surface area contributed by atoms with E-state index in [0.717, 1.165) is 16.5 Å². The summed E-state index contributed by atoms with van der Waals surface area (Å²) in [6.45, 7) is 3.87. The molecule has 1 aromatic heterocycles. The van der Waals surface area contributed by atoms with Gasteiger partial charge in [0.2, 0.25) is 0 Å². The first-order valence-electron chi connectivity index (χ1n) is 3.97. The van der Waals surface area contributed by atoms with Gasteiger partial charge in [0.1, 0.15) is 0 Å². The summed E-state index contributed by atoms with van der Waals surface area (Å²) in [5.74, 6) is -0.214. The van der Waals surface area contributed by atoms with Crippen molar-refractivity contribution in [2.24, 2.45) is 0 Å². The molecule has 1 heterocycles. The summed E-state index contributed by atoms with van der Waals surface area (Å²) in [5.41, 5.74) is 2.01. The van der Waals surface area contributed by atoms with Gasteiger partial charge in [-0.25, -0.2) is 4.98 Å². The zero-order chi connectivity index (χ0) is 9.84. The molecule has 0 radical (unpaired) electrons. The lowest BCUT2D eigenvalue weighted by molar-refractivity contribution is -0.136. The second kappa shape index (κ2) is 4.32. The molecule has 2 N–H and O–H groups in total. The maximum Gasteiger partial charge on any atom is 0.304 e. The third kappa shape index (κ3) is 3.10. The first-order chi connectivity index (χ1) is 6.09. The summed E-state index contributed by atoms with van der Waals surface area (Å²) in [5, 5.41) is 9.21. The predicted octanol–water partition coefficient (Wildman–Crippen LogP) is 1.59. The molecule has 0 aromatic carbocycles. The van der Waals surface area contributed by atoms with Crippen LogP contribution in [0.3, 0.4) is 0 Å². The average Bonchev–Trinajstić information content (AvgIpc) is 2.30. The lowest BCUT2D eigenvalue weighted by atomic mass is 10.4. The van der Waals surface area contributed by atoms with Crippen LogP contribution in [-0.2, 0) is 4.79 Å². The fourth-order valence-electron chi connectivity index (χ4n) is 0.818. The van der Waals surface area contributed by atoms with Crippen LogP contribution < -0.4 is 0 Å². The van der Waals surface area contributed by atoms with E-state index in [4.69, 9.17) is 5.11 Å². The van der Waals surface area contributed by atoms with Gasteiger partial charge < -0.3 is 10.1 Å². The predicted molar refractivity (Wildman–Crippen MR) is 51.0 cm³/mol. The molecule has 72 valence electrons. The Bertz CT molecular complexity index is 290. The Morgan fingerprint density at radius 3 is 2.77 bits per heavy atom. The van der Waals surface area contributed by atoms with Crippen molar-refractivity contribution in [2.45, 2.75) is 25.4 Å². The quantitative estimate of drug-likeness (QED) is 0.724. The third-order valence-electron chi connectivity index (χ3n) is 1.66. The Balaban J connectivity index is 2.41. The van der Waals surface area contributed by atoms with E-state index in [1.807, 2.05) is 13.8 Å². The summed E-state index contributed by atoms with van der Waals surface area (Å²) in [6.07, 6.45) is 0.170. The number of aromatic nitrogens is 2. The molecule has 13 heavy (non-hydrogen) atoms. The molecule has 0 aliphatic rings. The number of hydrogen-bond acceptors (Lipinski definition) is 3. The number of carbonyl (C=O) groups is 1. The fraction of sp³-hybridized carbons (Fsp3) is 0.500. The van der Waals surface area contributed by atoms with Crippen LogP contribution in [0.4, 0.5) is 0 Å². The van der Waals surface area contributed by atoms with Gasteiger partial charge in [0.15, 0.2) is 5.16 Å². The molecule has 1 rings (SSSR count). The van der Waals surface area contributed by atoms with Crippen LogP contribution in [0.15, 0.2) is 5.16 Å². The number of thioether (sulfide) groups is 1. The van der Waals surface area contributed by atoms with Gasteiger partial charge in [-0.2, -0.15) is 0 Å². The molecule has 0 saturated heterocycles. The molecule has 0 fully saturated rings. The first kappa shape index (κ1) is 10.1. The average molecular weight is 200 g/mol. The normalized spacial score (nSPS) is 10.3. The zero-order valence-corrected chi connectivity index (χ0v) is 8.44. The van der Waals surface area contributed by atoms with Crippen LogP contribution in [0.25, 0.3) is 0 Å². The second-order valence-corrected chi connectivity index (χ2v) is 3.83. The Labute approximate surface area is 80.8 Å². The van der Waals surface area contributed by atoms with Gasteiger partial charge >= 0.3 is 5.97 Å². The molecule has 0 amide bonds. The number of H-pyrrole nitrogens is 1. The molecule has 1 aromatic rings. The van der Waals surface area contributed by atoms with Gasteiger partial charge in [0, 0.05) is 11.4 Å². The highest BCUT2D eigenvalue weighted by Gasteiger charge is 2.03. The van der Waals surface area contributed by atoms with Crippen molar-refractivity contribution in [2.75, 3.05) is 5.75 Å². The lowest BCUT2D eigenvalue weighted by Gasteiger charge is -1.92. The van der Waals surface area contributed by atoms with E-state index in [9.17, 15) is 4.79 Å². The standard InChI is InChI=1S/C8H12N2O2S/c1-5-6(2)10-8(9-5)13-4-3-7(11)12/h3-4H2,1-2H3,(H,9,10)(H,11,12). The van der Waals surface area contributed by atoms with Crippen molar-refractivity contribution in [1.29, 1.82) is 0 Å². The van der Waals surface area contributed by atoms with E-state index in [2.05, 4.69) is 9.97 Å². The number of carboxylic acid groups (broad SMARTS) is 1. The summed E-state index contributed by atoms with van der Waals surface area (Å²) in [4.78, 5) is 17.5. The Hall–Kier alpha value is -0.970. The summed E-state index contributed by atoms with van der Waals surface area (Å²) in [7, 11) is 0. The Kier molecular flexibility index (Phi) is 3.36. The van der Waals surface area contributed by atoms with E-state index in [0.29, 0.717) is 5.75 Å². The van der Waals surface area contributed by atoms with Crippen molar-refractivity contribution in [3.05, 3.63) is 11.4 Å². The van der Waals surface area contributed by atoms with Gasteiger partial charge in [-0.05, 0) is 13.8 Å². The molecular weight excluding hydrogens is 188 g/mol. The number of rotatable bonds is 4. The van der Waals surface area contributed by atoms with Crippen LogP contribution in [0, 0.1) is 13.8 Å². The van der Waals surface area contributed by atoms with Gasteiger partial charge in [0.25, 0.3) is 0 Å². The number of aliphatic carboxylic acids is 1. The van der Waals surface area contributed by atoms with Crippen molar-refractivity contribution in [3.8, 4) is 0 Å². The molecule has 0 aliphatic heterocycles. The number of carboxylic acids is 1. The molecule has 0 atom stereocenters. The van der Waals surface area contributed by atoms with E-state index < -0.39 is 5.97 Å². The molecule has 0 unspecified atom stereocenters. The van der Waals surface area contributed by atoms with Crippen LogP contribution >= 0.6 is 11.8 Å². The fourth-order valence-corrected chi connectivity index (χ4v) is 1.72. The van der Waals surface area contributed by atoms with E-state index in [1.54, 1.807) is 0 Å². The van der Waals surface area contributed by atoms with Crippen LogP contribution in [0.1, 0.15) is 17.8 Å². The highest BCUT2D eigenvalue weighted by Crippen LogP contribution is 2.16. The van der Waals surface area contributed by atoms with Gasteiger partial charge in [0.05, 0.1) is 12.1 Å². The molecule has 0 spiro atoms. The minimum Gasteiger partial charge on any atom is -0.481 e. The zero-order valence-electron chi connectivity index (χ0n) is 7.63. The van der Waals surface area contributed by atoms with Gasteiger partial charge in [-0.1, -0.05) is 11.8 Å². The molecule has 5 heteroatoms. The van der Waals surface area contributed by atoms with E-state index >= 15 is 0 Å². The monoisotopic (exact) mass is 200 g/mol. The van der Waals surface area contributed by atoms with Crippen LogP contribution in [0.5, 0.6) is 0 Å². The topological polar surface area (TPSA) is 66.0 Å². The maximum absolute atomic E-state index is 10.2. The summed E-state index contributed by atoms with van der Waals surface area (Å²) < 4.78 is 0. The van der Waals surface area contributed by atoms with E-state index in [-0.39, 0.29) is 6.42 Å². The highest BCUT2D eigenvalue weighted by molar-refractivity contribution is 7.99. The van der Waals surface area contributed by atoms with Crippen molar-refractivity contribution < 1.29 is 9.90 Å². The number of nitrogens with one attached hydrogen (secondary N) is 1. The van der Waals surface area contributed by atoms with Crippen molar-refractivity contribution in [1.82, 2.24) is 9.97 Å². The number of imidazole rings is 1. The molecular formula is C8H12N2O2S. The van der Waals surface area contributed by atoms with E-state index in [1.165, 1.54) is 11.8 Å². The van der Waals surface area contributed by atoms with Crippen molar-refractivity contribution in [3.63, 3.8) is 0 Å². The first-order valence-corrected chi connectivity index (χ1v) is 4.96. The maximum atomic E-state index is 10.2.